The number of Topliss-reactive ketones (excluding diaryl/α,β-unsaturated/α-hetero) is 4. The van der Waals surface area contributed by atoms with Gasteiger partial charge in [0, 0.05) is 29.2 Å². The zero-order valence-electron chi connectivity index (χ0n) is 23.0. The molecule has 0 saturated heterocycles. The van der Waals surface area contributed by atoms with Crippen LogP contribution < -0.4 is 11.1 Å². The van der Waals surface area contributed by atoms with Crippen molar-refractivity contribution in [2.24, 2.45) is 29.4 Å². The number of amides is 2. The molecule has 0 spiro atoms. The molecule has 2 saturated carbocycles. The van der Waals surface area contributed by atoms with Gasteiger partial charge < -0.3 is 26.2 Å². The number of fused-ring (bicyclic) bond motifs is 3. The molecule has 3 aliphatic rings. The molecule has 11 nitrogen and oxygen atoms in total. The minimum atomic E-state index is -2.69. The van der Waals surface area contributed by atoms with E-state index in [2.05, 4.69) is 17.2 Å². The number of nitrogens with two attached hydrogens (primary N) is 1. The molecule has 3 aliphatic carbocycles. The van der Waals surface area contributed by atoms with Crippen molar-refractivity contribution in [2.75, 3.05) is 26.0 Å². The fraction of sp³-hybridized carbons (Fsp3) is 0.355. The van der Waals surface area contributed by atoms with Gasteiger partial charge in [-0.2, -0.15) is 0 Å². The van der Waals surface area contributed by atoms with Crippen molar-refractivity contribution in [3.05, 3.63) is 58.7 Å². The number of aliphatic hydroxyl groups is 1. The minimum Gasteiger partial charge on any atom is -0.507 e. The standard InChI is InChI=1S/C31H29N3O8/c1-34(2)14-23(37)33-19-8-4-15(5-9-19)3-6-16-7-10-21(35)25-20(16)12-17-11-18-13-22(36)26(30(32)41)29(40)31(18,42)28(39)24(17)27(25)38/h4-5,7-10,17-18,24,26,35,42H,11-14H2,1-2H3,(H2,32,41)(H,33,37)/t17-,18+,24?,26?,31+/m1/s1. The van der Waals surface area contributed by atoms with E-state index in [1.165, 1.54) is 6.07 Å². The number of ketones is 4. The van der Waals surface area contributed by atoms with Crippen molar-refractivity contribution in [1.29, 1.82) is 0 Å². The van der Waals surface area contributed by atoms with E-state index in [1.54, 1.807) is 49.3 Å². The Hall–Kier alpha value is -4.66. The Labute approximate surface area is 241 Å². The van der Waals surface area contributed by atoms with Crippen LogP contribution in [0.2, 0.25) is 0 Å². The highest BCUT2D eigenvalue weighted by Gasteiger charge is 2.66. The first-order valence-electron chi connectivity index (χ1n) is 13.4. The number of anilines is 1. The first-order chi connectivity index (χ1) is 19.8. The number of likely N-dealkylation sites (N-methyl/N-ethyl adjacent to an activating group) is 1. The van der Waals surface area contributed by atoms with Gasteiger partial charge in [0.15, 0.2) is 34.7 Å². The van der Waals surface area contributed by atoms with Crippen LogP contribution in [-0.2, 0) is 30.4 Å². The molecule has 0 radical (unpaired) electrons. The van der Waals surface area contributed by atoms with Gasteiger partial charge in [0.25, 0.3) is 0 Å². The third-order valence-corrected chi connectivity index (χ3v) is 8.26. The van der Waals surface area contributed by atoms with Crippen LogP contribution in [0.4, 0.5) is 5.69 Å². The number of hydrogen-bond donors (Lipinski definition) is 4. The molecule has 2 aromatic rings. The van der Waals surface area contributed by atoms with E-state index in [0.29, 0.717) is 22.4 Å². The van der Waals surface area contributed by atoms with Crippen LogP contribution >= 0.6 is 0 Å². The number of aromatic hydroxyl groups is 1. The molecule has 2 fully saturated rings. The molecule has 2 amide bonds. The molecule has 5 N–H and O–H groups in total. The molecule has 0 aromatic heterocycles. The number of carbonyl (C=O) groups excluding carboxylic acids is 6. The molecular formula is C31H29N3O8. The normalized spacial score (nSPS) is 26.5. The van der Waals surface area contributed by atoms with Crippen molar-refractivity contribution in [2.45, 2.75) is 24.9 Å². The molecule has 5 atom stereocenters. The molecule has 2 unspecified atom stereocenters. The Morgan fingerprint density at radius 1 is 1.02 bits per heavy atom. The summed E-state index contributed by atoms with van der Waals surface area (Å²) in [6, 6.07) is 9.73. The van der Waals surface area contributed by atoms with E-state index in [-0.39, 0.29) is 36.6 Å². The maximum Gasteiger partial charge on any atom is 0.238 e. The second kappa shape index (κ2) is 10.6. The highest BCUT2D eigenvalue weighted by molar-refractivity contribution is 6.31. The van der Waals surface area contributed by atoms with Crippen molar-refractivity contribution in [3.63, 3.8) is 0 Å². The quantitative estimate of drug-likeness (QED) is 0.295. The Morgan fingerprint density at radius 3 is 2.36 bits per heavy atom. The highest BCUT2D eigenvalue weighted by Crippen LogP contribution is 2.50. The van der Waals surface area contributed by atoms with Crippen LogP contribution in [0.3, 0.4) is 0 Å². The number of phenols is 1. The highest BCUT2D eigenvalue weighted by atomic mass is 16.3. The van der Waals surface area contributed by atoms with Crippen LogP contribution in [0, 0.1) is 35.5 Å². The molecule has 42 heavy (non-hydrogen) atoms. The summed E-state index contributed by atoms with van der Waals surface area (Å²) < 4.78 is 0. The lowest BCUT2D eigenvalue weighted by molar-refractivity contribution is -0.175. The van der Waals surface area contributed by atoms with Gasteiger partial charge in [-0.1, -0.05) is 11.8 Å². The van der Waals surface area contributed by atoms with E-state index < -0.39 is 64.7 Å². The second-order valence-electron chi connectivity index (χ2n) is 11.3. The Bertz CT molecular complexity index is 1620. The monoisotopic (exact) mass is 571 g/mol. The van der Waals surface area contributed by atoms with Gasteiger partial charge in [-0.25, -0.2) is 0 Å². The number of phenolic OH excluding ortho intramolecular Hbond substituents is 1. The number of hydrogen-bond acceptors (Lipinski definition) is 9. The van der Waals surface area contributed by atoms with Crippen LogP contribution in [0.25, 0.3) is 0 Å². The molecule has 11 heteroatoms. The summed E-state index contributed by atoms with van der Waals surface area (Å²) in [5.74, 6) is -4.74. The maximum atomic E-state index is 13.7. The SMILES string of the molecule is CN(C)CC(=O)Nc1ccc(C#Cc2ccc(O)c3c2C[C@H]2C[C@H]4CC(=O)C(C(N)=O)C(=O)[C@@]4(O)C(=O)C2C3=O)cc1. The zero-order valence-corrected chi connectivity index (χ0v) is 23.0. The van der Waals surface area contributed by atoms with Gasteiger partial charge in [-0.3, -0.25) is 28.8 Å². The Morgan fingerprint density at radius 2 is 1.71 bits per heavy atom. The van der Waals surface area contributed by atoms with E-state index in [1.807, 2.05) is 0 Å². The first kappa shape index (κ1) is 28.9. The Balaban J connectivity index is 1.44. The number of nitrogens with one attached hydrogen (secondary N) is 1. The predicted octanol–water partition coefficient (Wildman–Crippen LogP) is 0.227. The molecule has 0 bridgehead atoms. The lowest BCUT2D eigenvalue weighted by atomic mass is 9.53. The number of carbonyl (C=O) groups is 6. The predicted molar refractivity (Wildman–Crippen MR) is 148 cm³/mol. The minimum absolute atomic E-state index is 0.00454. The van der Waals surface area contributed by atoms with E-state index in [0.717, 1.165) is 0 Å². The van der Waals surface area contributed by atoms with Crippen LogP contribution in [0.5, 0.6) is 5.75 Å². The molecule has 216 valence electrons. The summed E-state index contributed by atoms with van der Waals surface area (Å²) in [6.07, 6.45) is -0.254. The summed E-state index contributed by atoms with van der Waals surface area (Å²) in [4.78, 5) is 78.3. The third-order valence-electron chi connectivity index (χ3n) is 8.26. The van der Waals surface area contributed by atoms with Crippen LogP contribution in [0.15, 0.2) is 36.4 Å². The number of benzene rings is 2. The largest absolute Gasteiger partial charge is 0.507 e. The van der Waals surface area contributed by atoms with Crippen molar-refractivity contribution >= 4 is 40.6 Å². The summed E-state index contributed by atoms with van der Waals surface area (Å²) in [5, 5.41) is 24.7. The molecule has 5 rings (SSSR count). The van der Waals surface area contributed by atoms with Crippen molar-refractivity contribution < 1.29 is 39.0 Å². The van der Waals surface area contributed by atoms with Crippen LogP contribution in [0.1, 0.15) is 39.9 Å². The van der Waals surface area contributed by atoms with Crippen molar-refractivity contribution in [3.8, 4) is 17.6 Å². The van der Waals surface area contributed by atoms with Crippen molar-refractivity contribution in [1.82, 2.24) is 4.90 Å². The zero-order chi connectivity index (χ0) is 30.5. The van der Waals surface area contributed by atoms with Gasteiger partial charge in [0.1, 0.15) is 5.75 Å². The summed E-state index contributed by atoms with van der Waals surface area (Å²) in [5.41, 5.74) is 4.54. The van der Waals surface area contributed by atoms with Gasteiger partial charge in [0.05, 0.1) is 18.0 Å². The third kappa shape index (κ3) is 4.78. The van der Waals surface area contributed by atoms with Gasteiger partial charge >= 0.3 is 0 Å². The Kier molecular flexibility index (Phi) is 7.30. The first-order valence-corrected chi connectivity index (χ1v) is 13.4. The topological polar surface area (TPSA) is 184 Å². The van der Waals surface area contributed by atoms with E-state index in [9.17, 15) is 39.0 Å². The fourth-order valence-electron chi connectivity index (χ4n) is 6.35. The lowest BCUT2D eigenvalue weighted by Crippen LogP contribution is -2.68. The average molecular weight is 572 g/mol. The number of rotatable bonds is 4. The maximum absolute atomic E-state index is 13.7. The summed E-state index contributed by atoms with van der Waals surface area (Å²) in [7, 11) is 3.58. The second-order valence-corrected chi connectivity index (χ2v) is 11.3. The fourth-order valence-corrected chi connectivity index (χ4v) is 6.35. The molecule has 0 heterocycles. The van der Waals surface area contributed by atoms with Gasteiger partial charge in [-0.15, -0.1) is 0 Å². The smallest absolute Gasteiger partial charge is 0.238 e. The molecule has 0 aliphatic heterocycles. The van der Waals surface area contributed by atoms with Gasteiger partial charge in [-0.05, 0) is 74.8 Å². The molecule has 2 aromatic carbocycles. The molecular weight excluding hydrogens is 542 g/mol. The van der Waals surface area contributed by atoms with E-state index >= 15 is 0 Å². The number of nitrogens with zero attached hydrogens (tertiary/aromatic N) is 1. The summed E-state index contributed by atoms with van der Waals surface area (Å²) in [6.45, 7) is 0.236. The van der Waals surface area contributed by atoms with Gasteiger partial charge in [0.2, 0.25) is 11.8 Å². The van der Waals surface area contributed by atoms with E-state index in [4.69, 9.17) is 5.73 Å². The summed E-state index contributed by atoms with van der Waals surface area (Å²) >= 11 is 0. The average Bonchev–Trinajstić information content (AvgIpc) is 2.90. The van der Waals surface area contributed by atoms with Crippen LogP contribution in [-0.4, -0.2) is 76.3 Å². The number of primary amides is 1. The lowest BCUT2D eigenvalue weighted by Gasteiger charge is -2.48.